The fourth-order valence-electron chi connectivity index (χ4n) is 6.13. The lowest BCUT2D eigenvalue weighted by Crippen LogP contribution is -2.60. The average Bonchev–Trinajstić information content (AvgIpc) is 3.04. The van der Waals surface area contributed by atoms with Gasteiger partial charge in [-0.05, 0) is 32.2 Å². The molecule has 0 aromatic rings. The third-order valence-corrected chi connectivity index (χ3v) is 9.11. The highest BCUT2D eigenvalue weighted by Crippen LogP contribution is 2.19. The molecule has 0 radical (unpaired) electrons. The fraction of sp³-hybridized carbons (Fsp3) is 0.919. The van der Waals surface area contributed by atoms with E-state index < -0.39 is 37.2 Å². The summed E-state index contributed by atoms with van der Waals surface area (Å²) in [6.07, 6.45) is 26.8. The van der Waals surface area contributed by atoms with E-state index in [1.165, 1.54) is 89.9 Å². The van der Waals surface area contributed by atoms with Crippen LogP contribution in [0.25, 0.3) is 0 Å². The van der Waals surface area contributed by atoms with E-state index in [1.807, 2.05) is 0 Å². The van der Waals surface area contributed by atoms with Gasteiger partial charge in [0.1, 0.15) is 12.1 Å². The largest absolute Gasteiger partial charge is 0.394 e. The third-order valence-electron chi connectivity index (χ3n) is 9.11. The number of amides is 1. The van der Waals surface area contributed by atoms with Crippen LogP contribution < -0.4 is 11.5 Å². The van der Waals surface area contributed by atoms with Crippen LogP contribution in [0, 0.1) is 0 Å². The first kappa shape index (κ1) is 47.1. The summed E-state index contributed by atoms with van der Waals surface area (Å²) in [5.74, 6) is -1.15. The van der Waals surface area contributed by atoms with Crippen LogP contribution in [-0.2, 0) is 14.4 Å². The van der Waals surface area contributed by atoms with Crippen LogP contribution >= 0.6 is 12.4 Å². The van der Waals surface area contributed by atoms with Gasteiger partial charge in [0, 0.05) is 12.8 Å². The van der Waals surface area contributed by atoms with Gasteiger partial charge in [-0.3, -0.25) is 14.4 Å². The van der Waals surface area contributed by atoms with Crippen molar-refractivity contribution >= 4 is 29.9 Å². The Hall–Kier alpha value is -1.06. The third kappa shape index (κ3) is 23.3. The molecule has 46 heavy (non-hydrogen) atoms. The molecular weight excluding hydrogens is 602 g/mol. The molecule has 0 saturated carbocycles. The zero-order valence-corrected chi connectivity index (χ0v) is 30.7. The van der Waals surface area contributed by atoms with Gasteiger partial charge in [-0.15, -0.1) is 12.4 Å². The Kier molecular flexibility index (Phi) is 34.6. The maximum Gasteiger partial charge on any atom is 0.240 e. The first-order chi connectivity index (χ1) is 21.9. The molecular formula is C37H74ClN3O5. The zero-order valence-electron chi connectivity index (χ0n) is 29.9. The Bertz CT molecular complexity index is 681. The summed E-state index contributed by atoms with van der Waals surface area (Å²) in [6, 6.07) is -3.34. The van der Waals surface area contributed by atoms with E-state index in [0.717, 1.165) is 43.4 Å². The number of carbonyl (C=O) groups excluding carboxylic acids is 3. The second-order valence-corrected chi connectivity index (χ2v) is 13.2. The van der Waals surface area contributed by atoms with Gasteiger partial charge in [-0.25, -0.2) is 0 Å². The smallest absolute Gasteiger partial charge is 0.240 e. The van der Waals surface area contributed by atoms with Crippen LogP contribution in [0.2, 0.25) is 0 Å². The number of unbranched alkanes of at least 4 members (excludes halogenated alkanes) is 20. The molecule has 2 unspecified atom stereocenters. The lowest BCUT2D eigenvalue weighted by atomic mass is 9.97. The minimum absolute atomic E-state index is 0. The predicted molar refractivity (Wildman–Crippen MR) is 194 cm³/mol. The summed E-state index contributed by atoms with van der Waals surface area (Å²) in [7, 11) is 0. The van der Waals surface area contributed by atoms with Crippen molar-refractivity contribution in [2.45, 2.75) is 199 Å². The van der Waals surface area contributed by atoms with E-state index in [1.54, 1.807) is 0 Å². The summed E-state index contributed by atoms with van der Waals surface area (Å²) in [5.41, 5.74) is 11.8. The highest BCUT2D eigenvalue weighted by atomic mass is 35.5. The van der Waals surface area contributed by atoms with Crippen LogP contribution in [0.5, 0.6) is 0 Å². The summed E-state index contributed by atoms with van der Waals surface area (Å²) in [5, 5.41) is 20.6. The van der Waals surface area contributed by atoms with Crippen molar-refractivity contribution in [3.8, 4) is 0 Å². The Balaban J connectivity index is 0. The first-order valence-corrected chi connectivity index (χ1v) is 18.9. The van der Waals surface area contributed by atoms with E-state index in [0.29, 0.717) is 32.2 Å². The Morgan fingerprint density at radius 3 is 1.13 bits per heavy atom. The molecule has 1 amide bonds. The number of aliphatic hydroxyl groups is 2. The van der Waals surface area contributed by atoms with Crippen molar-refractivity contribution in [2.24, 2.45) is 11.5 Å². The van der Waals surface area contributed by atoms with Crippen molar-refractivity contribution < 1.29 is 24.6 Å². The van der Waals surface area contributed by atoms with Crippen LogP contribution in [0.4, 0.5) is 0 Å². The van der Waals surface area contributed by atoms with E-state index in [4.69, 9.17) is 11.5 Å². The van der Waals surface area contributed by atoms with Crippen molar-refractivity contribution in [3.63, 3.8) is 0 Å². The molecule has 8 nitrogen and oxygen atoms in total. The minimum atomic E-state index is -1.19. The maximum atomic E-state index is 13.5. The van der Waals surface area contributed by atoms with Crippen molar-refractivity contribution in [1.82, 2.24) is 4.90 Å². The molecule has 0 bridgehead atoms. The van der Waals surface area contributed by atoms with E-state index in [2.05, 4.69) is 13.8 Å². The lowest BCUT2D eigenvalue weighted by molar-refractivity contribution is -0.150. The van der Waals surface area contributed by atoms with Crippen LogP contribution in [0.15, 0.2) is 0 Å². The average molecular weight is 676 g/mol. The van der Waals surface area contributed by atoms with Gasteiger partial charge in [0.25, 0.3) is 0 Å². The molecule has 9 heteroatoms. The lowest BCUT2D eigenvalue weighted by Gasteiger charge is -2.37. The summed E-state index contributed by atoms with van der Waals surface area (Å²) < 4.78 is 0. The topological polar surface area (TPSA) is 147 Å². The number of Topliss-reactive ketones (excluding diaryl/α,β-unsaturated/α-hetero) is 2. The molecule has 274 valence electrons. The van der Waals surface area contributed by atoms with Crippen LogP contribution in [0.1, 0.15) is 181 Å². The molecule has 0 rings (SSSR count). The predicted octanol–water partition coefficient (Wildman–Crippen LogP) is 7.57. The van der Waals surface area contributed by atoms with Crippen molar-refractivity contribution in [3.05, 3.63) is 0 Å². The summed E-state index contributed by atoms with van der Waals surface area (Å²) in [4.78, 5) is 41.2. The number of nitrogens with two attached hydrogens (primary N) is 2. The molecule has 0 aliphatic rings. The van der Waals surface area contributed by atoms with Gasteiger partial charge in [0.05, 0.1) is 19.3 Å². The monoisotopic (exact) mass is 676 g/mol. The van der Waals surface area contributed by atoms with Gasteiger partial charge in [-0.2, -0.15) is 0 Å². The Morgan fingerprint density at radius 2 is 0.848 bits per heavy atom. The Morgan fingerprint density at radius 1 is 0.543 bits per heavy atom. The number of hydrogen-bond acceptors (Lipinski definition) is 7. The molecule has 0 aliphatic carbocycles. The first-order valence-electron chi connectivity index (χ1n) is 18.9. The number of halogens is 1. The minimum Gasteiger partial charge on any atom is -0.394 e. The highest BCUT2D eigenvalue weighted by Gasteiger charge is 2.39. The number of hydrogen-bond donors (Lipinski definition) is 4. The highest BCUT2D eigenvalue weighted by molar-refractivity contribution is 5.95. The second kappa shape index (κ2) is 33.8. The molecule has 6 N–H and O–H groups in total. The van der Waals surface area contributed by atoms with Crippen molar-refractivity contribution in [2.75, 3.05) is 19.8 Å². The Labute approximate surface area is 289 Å². The molecule has 0 aliphatic heterocycles. The molecule has 0 aromatic carbocycles. The number of nitrogens with zero attached hydrogens (tertiary/aromatic N) is 1. The van der Waals surface area contributed by atoms with Gasteiger partial charge in [-0.1, -0.05) is 142 Å². The SMILES string of the molecule is CCCCCCCCCCCCCC(=O)C(CO)N(C(=O)[C@@H](N)CCCN)C(CO)C(=O)CCCCCCCCCCCCC.Cl. The number of rotatable bonds is 34. The van der Waals surface area contributed by atoms with E-state index >= 15 is 0 Å². The molecule has 0 aromatic heterocycles. The van der Waals surface area contributed by atoms with Gasteiger partial charge in [0.15, 0.2) is 11.6 Å². The quantitative estimate of drug-likeness (QED) is 0.0515. The molecule has 0 heterocycles. The molecule has 0 fully saturated rings. The van der Waals surface area contributed by atoms with E-state index in [-0.39, 0.29) is 36.8 Å². The standard InChI is InChI=1S/C37H73N3O5.ClH/c1-3-5-7-9-11-13-15-17-19-21-23-27-35(43)33(30-41)40(37(45)32(39)26-25-29-38)34(31-42)36(44)28-24-22-20-18-16-14-12-10-8-6-4-2;/h32-34,41-42H,3-31,38-39H2,1-2H3;1H/t32-,33?,34?;/m0./s1. The number of carbonyl (C=O) groups is 3. The summed E-state index contributed by atoms with van der Waals surface area (Å²) >= 11 is 0. The molecule has 3 atom stereocenters. The molecule has 0 spiro atoms. The summed E-state index contributed by atoms with van der Waals surface area (Å²) in [6.45, 7) is 3.62. The second-order valence-electron chi connectivity index (χ2n) is 13.2. The van der Waals surface area contributed by atoms with Crippen LogP contribution in [-0.4, -0.2) is 70.5 Å². The van der Waals surface area contributed by atoms with Gasteiger partial charge in [0.2, 0.25) is 5.91 Å². The van der Waals surface area contributed by atoms with Crippen LogP contribution in [0.3, 0.4) is 0 Å². The van der Waals surface area contributed by atoms with E-state index in [9.17, 15) is 24.6 Å². The van der Waals surface area contributed by atoms with Crippen molar-refractivity contribution in [1.29, 1.82) is 0 Å². The fourth-order valence-corrected chi connectivity index (χ4v) is 6.13. The number of ketones is 2. The normalized spacial score (nSPS) is 13.2. The van der Waals surface area contributed by atoms with Gasteiger partial charge < -0.3 is 26.6 Å². The maximum absolute atomic E-state index is 13.5. The molecule has 0 saturated heterocycles. The number of aliphatic hydroxyl groups excluding tert-OH is 2. The van der Waals surface area contributed by atoms with Gasteiger partial charge >= 0.3 is 0 Å². The zero-order chi connectivity index (χ0) is 33.5.